The van der Waals surface area contributed by atoms with Crippen molar-refractivity contribution in [1.82, 2.24) is 19.6 Å². The van der Waals surface area contributed by atoms with Crippen LogP contribution in [0.4, 0.5) is 4.39 Å². The Morgan fingerprint density at radius 2 is 1.98 bits per heavy atom. The summed E-state index contributed by atoms with van der Waals surface area (Å²) >= 11 is 1.53. The van der Waals surface area contributed by atoms with Crippen LogP contribution in [-0.4, -0.2) is 36.3 Å². The number of aliphatic carboxylic acids is 1. The molecule has 1 aliphatic rings. The second-order valence-electron chi connectivity index (χ2n) is 12.2. The minimum absolute atomic E-state index is 0.177. The SMILES string of the molecule is Cc1nc2cc(-c3ncc(Cc4ccc(F)cc4)s3)nn2c(C2=CCC(C)(C)CC2)c1C(OC(C)(C)C)C(=O)O. The number of fused-ring (bicyclic) bond motifs is 1. The zero-order chi connectivity index (χ0) is 28.8. The molecule has 0 radical (unpaired) electrons. The lowest BCUT2D eigenvalue weighted by Crippen LogP contribution is -2.29. The standard InChI is InChI=1S/C31H35FN4O3S/c1-18-25(27(29(37)38)39-30(2,3)4)26(20-11-13-31(5,6)14-12-20)36-24(34-18)16-23(35-36)28-33-17-22(40-28)15-19-7-9-21(32)10-8-19/h7-11,16-17,27H,12-15H2,1-6H3,(H,37,38). The fourth-order valence-electron chi connectivity index (χ4n) is 5.05. The van der Waals surface area contributed by atoms with E-state index in [-0.39, 0.29) is 11.2 Å². The normalized spacial score (nSPS) is 16.2. The van der Waals surface area contributed by atoms with Crippen molar-refractivity contribution in [2.45, 2.75) is 78.9 Å². The number of aryl methyl sites for hydroxylation is 1. The van der Waals surface area contributed by atoms with Crippen molar-refractivity contribution < 1.29 is 19.0 Å². The van der Waals surface area contributed by atoms with Gasteiger partial charge >= 0.3 is 5.97 Å². The molecule has 1 unspecified atom stereocenters. The number of allylic oxidation sites excluding steroid dienone is 2. The second-order valence-corrected chi connectivity index (χ2v) is 13.4. The van der Waals surface area contributed by atoms with Crippen LogP contribution in [0.2, 0.25) is 0 Å². The summed E-state index contributed by atoms with van der Waals surface area (Å²) in [6.07, 6.45) is 6.14. The van der Waals surface area contributed by atoms with Crippen LogP contribution in [0.3, 0.4) is 0 Å². The summed E-state index contributed by atoms with van der Waals surface area (Å²) in [5.41, 5.74) is 4.73. The number of rotatable bonds is 7. The summed E-state index contributed by atoms with van der Waals surface area (Å²) in [5, 5.41) is 16.0. The van der Waals surface area contributed by atoms with Crippen LogP contribution >= 0.6 is 11.3 Å². The van der Waals surface area contributed by atoms with E-state index < -0.39 is 17.7 Å². The number of halogens is 1. The molecule has 0 aliphatic heterocycles. The minimum Gasteiger partial charge on any atom is -0.479 e. The molecule has 0 spiro atoms. The van der Waals surface area contributed by atoms with Crippen molar-refractivity contribution in [2.24, 2.45) is 5.41 Å². The Labute approximate surface area is 237 Å². The first-order valence-electron chi connectivity index (χ1n) is 13.5. The zero-order valence-corrected chi connectivity index (χ0v) is 24.6. The Kier molecular flexibility index (Phi) is 7.39. The number of carboxylic acids is 1. The van der Waals surface area contributed by atoms with Crippen LogP contribution < -0.4 is 0 Å². The molecule has 0 fully saturated rings. The van der Waals surface area contributed by atoms with E-state index in [4.69, 9.17) is 14.8 Å². The molecule has 3 heterocycles. The van der Waals surface area contributed by atoms with E-state index in [1.165, 1.54) is 23.5 Å². The molecule has 210 valence electrons. The molecule has 1 aromatic carbocycles. The molecule has 3 aromatic heterocycles. The van der Waals surface area contributed by atoms with Gasteiger partial charge in [0.1, 0.15) is 16.5 Å². The van der Waals surface area contributed by atoms with Crippen molar-refractivity contribution in [3.8, 4) is 10.7 Å². The van der Waals surface area contributed by atoms with Gasteiger partial charge in [-0.2, -0.15) is 5.10 Å². The fraction of sp³-hybridized carbons (Fsp3) is 0.419. The number of nitrogens with zero attached hydrogens (tertiary/aromatic N) is 4. The van der Waals surface area contributed by atoms with Crippen LogP contribution in [0, 0.1) is 18.2 Å². The fourth-order valence-corrected chi connectivity index (χ4v) is 5.95. The molecule has 4 aromatic rings. The average molecular weight is 563 g/mol. The van der Waals surface area contributed by atoms with Crippen molar-refractivity contribution in [3.05, 3.63) is 75.8 Å². The number of ether oxygens (including phenoxy) is 1. The molecular formula is C31H35FN4O3S. The van der Waals surface area contributed by atoms with E-state index in [0.29, 0.717) is 29.0 Å². The van der Waals surface area contributed by atoms with Gasteiger partial charge in [0, 0.05) is 34.8 Å². The maximum Gasteiger partial charge on any atom is 0.337 e. The van der Waals surface area contributed by atoms with Crippen molar-refractivity contribution in [2.75, 3.05) is 0 Å². The summed E-state index contributed by atoms with van der Waals surface area (Å²) < 4.78 is 21.2. The third kappa shape index (κ3) is 6.00. The molecule has 0 saturated carbocycles. The molecule has 0 bridgehead atoms. The summed E-state index contributed by atoms with van der Waals surface area (Å²) in [6.45, 7) is 11.9. The molecule has 7 nitrogen and oxygen atoms in total. The van der Waals surface area contributed by atoms with Gasteiger partial charge in [-0.15, -0.1) is 11.3 Å². The Balaban J connectivity index is 1.62. The number of carbonyl (C=O) groups is 1. The van der Waals surface area contributed by atoms with Crippen LogP contribution in [0.5, 0.6) is 0 Å². The summed E-state index contributed by atoms with van der Waals surface area (Å²) in [5.74, 6) is -1.32. The van der Waals surface area contributed by atoms with Crippen molar-refractivity contribution in [1.29, 1.82) is 0 Å². The molecule has 5 rings (SSSR count). The average Bonchev–Trinajstić information content (AvgIpc) is 3.50. The van der Waals surface area contributed by atoms with Gasteiger partial charge in [-0.05, 0) is 75.6 Å². The van der Waals surface area contributed by atoms with E-state index in [1.54, 1.807) is 16.6 Å². The van der Waals surface area contributed by atoms with E-state index in [1.807, 2.05) is 40.0 Å². The summed E-state index contributed by atoms with van der Waals surface area (Å²) in [4.78, 5) is 23.0. The zero-order valence-electron chi connectivity index (χ0n) is 23.8. The second kappa shape index (κ2) is 10.5. The first-order valence-corrected chi connectivity index (χ1v) is 14.3. The minimum atomic E-state index is -1.20. The molecule has 0 saturated heterocycles. The summed E-state index contributed by atoms with van der Waals surface area (Å²) in [6, 6.07) is 8.37. The smallest absolute Gasteiger partial charge is 0.337 e. The van der Waals surface area contributed by atoms with Crippen LogP contribution in [0.1, 0.15) is 87.4 Å². The van der Waals surface area contributed by atoms with Gasteiger partial charge in [0.2, 0.25) is 0 Å². The lowest BCUT2D eigenvalue weighted by atomic mass is 9.77. The van der Waals surface area contributed by atoms with E-state index >= 15 is 0 Å². The Morgan fingerprint density at radius 3 is 2.60 bits per heavy atom. The predicted molar refractivity (Wildman–Crippen MR) is 155 cm³/mol. The number of hydrogen-bond acceptors (Lipinski definition) is 6. The number of carboxylic acid groups (broad SMARTS) is 1. The van der Waals surface area contributed by atoms with Gasteiger partial charge in [0.05, 0.1) is 11.3 Å². The molecule has 1 aliphatic carbocycles. The van der Waals surface area contributed by atoms with Crippen LogP contribution in [0.15, 0.2) is 42.6 Å². The number of benzene rings is 1. The van der Waals surface area contributed by atoms with Gasteiger partial charge < -0.3 is 9.84 Å². The molecule has 9 heteroatoms. The van der Waals surface area contributed by atoms with Gasteiger partial charge in [0.15, 0.2) is 11.8 Å². The van der Waals surface area contributed by atoms with E-state index in [9.17, 15) is 14.3 Å². The third-order valence-corrected chi connectivity index (χ3v) is 8.15. The molecule has 1 atom stereocenters. The lowest BCUT2D eigenvalue weighted by Gasteiger charge is -2.31. The van der Waals surface area contributed by atoms with E-state index in [0.717, 1.165) is 46.0 Å². The number of thiazole rings is 1. The van der Waals surface area contributed by atoms with Crippen LogP contribution in [-0.2, 0) is 16.0 Å². The molecule has 1 N–H and O–H groups in total. The highest BCUT2D eigenvalue weighted by molar-refractivity contribution is 7.15. The van der Waals surface area contributed by atoms with Crippen molar-refractivity contribution in [3.63, 3.8) is 0 Å². The predicted octanol–water partition coefficient (Wildman–Crippen LogP) is 7.43. The first-order chi connectivity index (χ1) is 18.8. The third-order valence-electron chi connectivity index (χ3n) is 7.13. The highest BCUT2D eigenvalue weighted by Crippen LogP contribution is 2.42. The highest BCUT2D eigenvalue weighted by atomic mass is 32.1. The van der Waals surface area contributed by atoms with Gasteiger partial charge in [-0.3, -0.25) is 0 Å². The monoisotopic (exact) mass is 562 g/mol. The summed E-state index contributed by atoms with van der Waals surface area (Å²) in [7, 11) is 0. The maximum absolute atomic E-state index is 13.3. The Morgan fingerprint density at radius 1 is 1.25 bits per heavy atom. The number of aromatic nitrogens is 4. The first kappa shape index (κ1) is 28.1. The quantitative estimate of drug-likeness (QED) is 0.252. The Hall–Kier alpha value is -3.43. The lowest BCUT2D eigenvalue weighted by molar-refractivity contribution is -0.160. The largest absolute Gasteiger partial charge is 0.479 e. The maximum atomic E-state index is 13.3. The Bertz CT molecular complexity index is 1600. The molecule has 0 amide bonds. The van der Waals surface area contributed by atoms with Gasteiger partial charge in [-0.1, -0.05) is 32.1 Å². The number of hydrogen-bond donors (Lipinski definition) is 1. The highest BCUT2D eigenvalue weighted by Gasteiger charge is 2.35. The molecule has 40 heavy (non-hydrogen) atoms. The van der Waals surface area contributed by atoms with Crippen LogP contribution in [0.25, 0.3) is 21.9 Å². The topological polar surface area (TPSA) is 89.6 Å². The van der Waals surface area contributed by atoms with Gasteiger partial charge in [0.25, 0.3) is 0 Å². The van der Waals surface area contributed by atoms with E-state index in [2.05, 4.69) is 24.9 Å². The van der Waals surface area contributed by atoms with Crippen molar-refractivity contribution >= 4 is 28.5 Å². The molecular weight excluding hydrogens is 527 g/mol. The van der Waals surface area contributed by atoms with Gasteiger partial charge in [-0.25, -0.2) is 23.7 Å².